The zero-order chi connectivity index (χ0) is 12.2. The fraction of sp³-hybridized carbons (Fsp3) is 0.750. The molecule has 1 aromatic heterocycles. The van der Waals surface area contributed by atoms with Gasteiger partial charge in [0.25, 0.3) is 0 Å². The van der Waals surface area contributed by atoms with Crippen LogP contribution in [0.1, 0.15) is 38.1 Å². The van der Waals surface area contributed by atoms with E-state index < -0.39 is 5.67 Å². The second kappa shape index (κ2) is 5.43. The molecule has 1 atom stereocenters. The summed E-state index contributed by atoms with van der Waals surface area (Å²) in [4.78, 5) is 0. The number of nitrogens with two attached hydrogens (primary N) is 1. The lowest BCUT2D eigenvalue weighted by Crippen LogP contribution is -2.36. The minimum atomic E-state index is -1.28. The predicted molar refractivity (Wildman–Crippen MR) is 64.1 cm³/mol. The summed E-state index contributed by atoms with van der Waals surface area (Å²) in [7, 11) is 0. The van der Waals surface area contributed by atoms with Crippen LogP contribution in [-0.4, -0.2) is 22.0 Å². The Labute approximate surface area is 96.8 Å². The van der Waals surface area contributed by atoms with E-state index in [1.54, 1.807) is 0 Å². The lowest BCUT2D eigenvalue weighted by Gasteiger charge is -2.23. The molecule has 92 valence electrons. The average Bonchev–Trinajstić information content (AvgIpc) is 2.59. The number of alkyl halides is 1. The minimum absolute atomic E-state index is 0.0782. The van der Waals surface area contributed by atoms with Gasteiger partial charge in [0.15, 0.2) is 0 Å². The summed E-state index contributed by atoms with van der Waals surface area (Å²) in [6.07, 6.45) is 1.69. The summed E-state index contributed by atoms with van der Waals surface area (Å²) in [6.45, 7) is 6.77. The molecule has 0 aliphatic carbocycles. The molecular formula is C12H22FN3. The minimum Gasteiger partial charge on any atom is -0.328 e. The topological polar surface area (TPSA) is 43.8 Å². The lowest BCUT2D eigenvalue weighted by molar-refractivity contribution is 0.155. The maximum absolute atomic E-state index is 14.4. The van der Waals surface area contributed by atoms with Crippen molar-refractivity contribution >= 4 is 0 Å². The summed E-state index contributed by atoms with van der Waals surface area (Å²) < 4.78 is 16.2. The molecule has 1 rings (SSSR count). The molecule has 3 nitrogen and oxygen atoms in total. The van der Waals surface area contributed by atoms with Gasteiger partial charge in [-0.05, 0) is 26.3 Å². The molecule has 16 heavy (non-hydrogen) atoms. The van der Waals surface area contributed by atoms with Gasteiger partial charge in [-0.1, -0.05) is 13.3 Å². The van der Waals surface area contributed by atoms with E-state index in [1.165, 1.54) is 0 Å². The third-order valence-corrected chi connectivity index (χ3v) is 2.85. The van der Waals surface area contributed by atoms with E-state index in [1.807, 2.05) is 31.5 Å². The maximum Gasteiger partial charge on any atom is 0.128 e. The number of nitrogens with zero attached hydrogens (tertiary/aromatic N) is 2. The molecule has 1 aromatic rings. The third kappa shape index (κ3) is 3.04. The molecule has 0 aliphatic heterocycles. The van der Waals surface area contributed by atoms with E-state index in [-0.39, 0.29) is 6.54 Å². The van der Waals surface area contributed by atoms with Crippen molar-refractivity contribution in [1.82, 2.24) is 9.78 Å². The summed E-state index contributed by atoms with van der Waals surface area (Å²) in [6, 6.07) is 1.95. The van der Waals surface area contributed by atoms with Crippen molar-refractivity contribution in [3.8, 4) is 0 Å². The number of rotatable bonds is 6. The third-order valence-electron chi connectivity index (χ3n) is 2.85. The van der Waals surface area contributed by atoms with Crippen LogP contribution in [-0.2, 0) is 13.0 Å². The van der Waals surface area contributed by atoms with Gasteiger partial charge in [0.2, 0.25) is 0 Å². The Kier molecular flexibility index (Phi) is 4.47. The van der Waals surface area contributed by atoms with E-state index in [4.69, 9.17) is 5.73 Å². The molecular weight excluding hydrogens is 205 g/mol. The highest BCUT2D eigenvalue weighted by Gasteiger charge is 2.28. The van der Waals surface area contributed by atoms with Crippen LogP contribution in [0.5, 0.6) is 0 Å². The van der Waals surface area contributed by atoms with Crippen molar-refractivity contribution in [2.75, 3.05) is 6.54 Å². The second-order valence-electron chi connectivity index (χ2n) is 4.37. The van der Waals surface area contributed by atoms with Gasteiger partial charge in [0.05, 0.1) is 5.69 Å². The van der Waals surface area contributed by atoms with Gasteiger partial charge < -0.3 is 5.73 Å². The summed E-state index contributed by atoms with van der Waals surface area (Å²) in [5.41, 5.74) is 6.13. The zero-order valence-electron chi connectivity index (χ0n) is 10.5. The van der Waals surface area contributed by atoms with Gasteiger partial charge >= 0.3 is 0 Å². The van der Waals surface area contributed by atoms with Crippen molar-refractivity contribution in [3.05, 3.63) is 17.5 Å². The molecule has 0 fully saturated rings. The highest BCUT2D eigenvalue weighted by molar-refractivity contribution is 5.12. The normalized spacial score (nSPS) is 15.1. The molecule has 0 aromatic carbocycles. The van der Waals surface area contributed by atoms with Crippen molar-refractivity contribution in [2.24, 2.45) is 5.73 Å². The molecule has 1 heterocycles. The van der Waals surface area contributed by atoms with Crippen molar-refractivity contribution in [1.29, 1.82) is 0 Å². The van der Waals surface area contributed by atoms with Gasteiger partial charge in [0.1, 0.15) is 5.67 Å². The molecule has 0 saturated carbocycles. The Morgan fingerprint density at radius 3 is 2.69 bits per heavy atom. The Balaban J connectivity index is 2.84. The molecule has 0 spiro atoms. The average molecular weight is 227 g/mol. The Morgan fingerprint density at radius 2 is 2.19 bits per heavy atom. The largest absolute Gasteiger partial charge is 0.328 e. The van der Waals surface area contributed by atoms with Gasteiger partial charge in [-0.2, -0.15) is 5.10 Å². The quantitative estimate of drug-likeness (QED) is 0.809. The van der Waals surface area contributed by atoms with Gasteiger partial charge in [-0.15, -0.1) is 0 Å². The standard InChI is InChI=1S/C12H22FN3/c1-4-6-12(13,9-14)8-11-7-10(3)15-16(11)5-2/h7H,4-6,8-9,14H2,1-3H3. The first-order chi connectivity index (χ1) is 7.54. The van der Waals surface area contributed by atoms with E-state index in [9.17, 15) is 4.39 Å². The second-order valence-corrected chi connectivity index (χ2v) is 4.37. The first-order valence-electron chi connectivity index (χ1n) is 5.97. The van der Waals surface area contributed by atoms with Gasteiger partial charge in [-0.3, -0.25) is 4.68 Å². The fourth-order valence-corrected chi connectivity index (χ4v) is 2.05. The molecule has 2 N–H and O–H groups in total. The van der Waals surface area contributed by atoms with Crippen LogP contribution < -0.4 is 5.73 Å². The van der Waals surface area contributed by atoms with E-state index >= 15 is 0 Å². The van der Waals surface area contributed by atoms with E-state index in [0.29, 0.717) is 12.8 Å². The predicted octanol–water partition coefficient (Wildman–Crippen LogP) is 2.22. The van der Waals surface area contributed by atoms with E-state index in [2.05, 4.69) is 5.10 Å². The number of hydrogen-bond donors (Lipinski definition) is 1. The van der Waals surface area contributed by atoms with Gasteiger partial charge in [0, 0.05) is 25.2 Å². The number of aryl methyl sites for hydroxylation is 2. The van der Waals surface area contributed by atoms with E-state index in [0.717, 1.165) is 24.4 Å². The van der Waals surface area contributed by atoms with Gasteiger partial charge in [-0.25, -0.2) is 4.39 Å². The zero-order valence-corrected chi connectivity index (χ0v) is 10.5. The smallest absolute Gasteiger partial charge is 0.128 e. The Bertz CT molecular complexity index is 335. The molecule has 0 aliphatic rings. The maximum atomic E-state index is 14.4. The molecule has 0 radical (unpaired) electrons. The van der Waals surface area contributed by atoms with Crippen LogP contribution in [0.3, 0.4) is 0 Å². The highest BCUT2D eigenvalue weighted by atomic mass is 19.1. The van der Waals surface area contributed by atoms with Crippen molar-refractivity contribution in [3.63, 3.8) is 0 Å². The first kappa shape index (κ1) is 13.2. The number of halogens is 1. The summed E-state index contributed by atoms with van der Waals surface area (Å²) >= 11 is 0. The fourth-order valence-electron chi connectivity index (χ4n) is 2.05. The molecule has 4 heteroatoms. The Hall–Kier alpha value is -0.900. The van der Waals surface area contributed by atoms with Crippen LogP contribution in [0.2, 0.25) is 0 Å². The molecule has 0 saturated heterocycles. The Morgan fingerprint density at radius 1 is 1.50 bits per heavy atom. The molecule has 0 amide bonds. The van der Waals surface area contributed by atoms with Crippen LogP contribution >= 0.6 is 0 Å². The SMILES string of the molecule is CCCC(F)(CN)Cc1cc(C)nn1CC. The lowest BCUT2D eigenvalue weighted by atomic mass is 9.94. The number of hydrogen-bond acceptors (Lipinski definition) is 2. The van der Waals surface area contributed by atoms with Crippen LogP contribution in [0, 0.1) is 6.92 Å². The van der Waals surface area contributed by atoms with Crippen molar-refractivity contribution in [2.45, 2.75) is 52.2 Å². The highest BCUT2D eigenvalue weighted by Crippen LogP contribution is 2.23. The molecule has 0 bridgehead atoms. The monoisotopic (exact) mass is 227 g/mol. The summed E-state index contributed by atoms with van der Waals surface area (Å²) in [5.74, 6) is 0. The number of aromatic nitrogens is 2. The van der Waals surface area contributed by atoms with Crippen LogP contribution in [0.25, 0.3) is 0 Å². The summed E-state index contributed by atoms with van der Waals surface area (Å²) in [5, 5.41) is 4.32. The van der Waals surface area contributed by atoms with Crippen molar-refractivity contribution < 1.29 is 4.39 Å². The van der Waals surface area contributed by atoms with Crippen LogP contribution in [0.15, 0.2) is 6.07 Å². The molecule has 1 unspecified atom stereocenters. The first-order valence-corrected chi connectivity index (χ1v) is 5.97. The van der Waals surface area contributed by atoms with Crippen LogP contribution in [0.4, 0.5) is 4.39 Å².